The van der Waals surface area contributed by atoms with E-state index < -0.39 is 53.8 Å². The number of carboxylic acid groups (broad SMARTS) is 1. The Labute approximate surface area is 235 Å². The predicted molar refractivity (Wildman–Crippen MR) is 147 cm³/mol. The first-order valence-electron chi connectivity index (χ1n) is 12.4. The van der Waals surface area contributed by atoms with Crippen molar-refractivity contribution < 1.29 is 34.2 Å². The fraction of sp³-hybridized carbons (Fsp3) is 0.440. The summed E-state index contributed by atoms with van der Waals surface area (Å²) < 4.78 is 0. The molecule has 4 amide bonds. The summed E-state index contributed by atoms with van der Waals surface area (Å²) in [5.74, 6) is -3.66. The molecule has 4 unspecified atom stereocenters. The van der Waals surface area contributed by atoms with Crippen LogP contribution in [-0.2, 0) is 36.8 Å². The molecule has 218 valence electrons. The number of H-pyrrole nitrogens is 1. The van der Waals surface area contributed by atoms with E-state index in [0.717, 1.165) is 0 Å². The number of primary amides is 1. The largest absolute Gasteiger partial charge is 0.508 e. The topological polar surface area (TPSA) is 243 Å². The first kappa shape index (κ1) is 32.1. The Bertz CT molecular complexity index is 1140. The fourth-order valence-corrected chi connectivity index (χ4v) is 4.15. The van der Waals surface area contributed by atoms with Crippen molar-refractivity contribution in [2.45, 2.75) is 56.3 Å². The number of phenols is 1. The maximum atomic E-state index is 13.4. The SMILES string of the molecule is CSCCC(NC(=O)C(Cc1ccc(O)cc1)NC(=O)C(N)Cc1cnc[nH]1)C(=O)NC(CCC(N)=O)C(=O)O. The van der Waals surface area contributed by atoms with Crippen LogP contribution in [-0.4, -0.2) is 86.0 Å². The van der Waals surface area contributed by atoms with Gasteiger partial charge in [0.25, 0.3) is 0 Å². The van der Waals surface area contributed by atoms with Crippen molar-refractivity contribution in [1.29, 1.82) is 0 Å². The lowest BCUT2D eigenvalue weighted by atomic mass is 10.0. The molecule has 0 aliphatic heterocycles. The van der Waals surface area contributed by atoms with Gasteiger partial charge in [-0.2, -0.15) is 11.8 Å². The van der Waals surface area contributed by atoms with Gasteiger partial charge in [-0.25, -0.2) is 9.78 Å². The number of nitrogens with two attached hydrogens (primary N) is 2. The van der Waals surface area contributed by atoms with E-state index in [4.69, 9.17) is 11.5 Å². The van der Waals surface area contributed by atoms with Crippen molar-refractivity contribution >= 4 is 41.4 Å². The first-order chi connectivity index (χ1) is 19.0. The number of aromatic hydroxyl groups is 1. The number of hydrogen-bond acceptors (Lipinski definition) is 9. The molecule has 10 N–H and O–H groups in total. The number of benzene rings is 1. The second-order valence-electron chi connectivity index (χ2n) is 9.07. The fourth-order valence-electron chi connectivity index (χ4n) is 3.67. The van der Waals surface area contributed by atoms with E-state index in [1.165, 1.54) is 36.4 Å². The zero-order chi connectivity index (χ0) is 29.7. The molecular weight excluding hydrogens is 542 g/mol. The third-order valence-corrected chi connectivity index (χ3v) is 6.52. The molecule has 2 aromatic rings. The Kier molecular flexibility index (Phi) is 12.9. The minimum Gasteiger partial charge on any atom is -0.508 e. The van der Waals surface area contributed by atoms with Crippen LogP contribution in [0.2, 0.25) is 0 Å². The number of phenolic OH excluding ortho intramolecular Hbond substituents is 1. The Morgan fingerprint density at radius 1 is 0.950 bits per heavy atom. The van der Waals surface area contributed by atoms with E-state index in [0.29, 0.717) is 17.0 Å². The Balaban J connectivity index is 2.20. The maximum absolute atomic E-state index is 13.4. The number of aliphatic carboxylic acids is 1. The van der Waals surface area contributed by atoms with Gasteiger partial charge in [-0.15, -0.1) is 0 Å². The number of carboxylic acids is 1. The molecule has 40 heavy (non-hydrogen) atoms. The zero-order valence-electron chi connectivity index (χ0n) is 22.0. The summed E-state index contributed by atoms with van der Waals surface area (Å²) in [6.07, 6.45) is 4.63. The van der Waals surface area contributed by atoms with E-state index in [1.807, 2.05) is 0 Å². The summed E-state index contributed by atoms with van der Waals surface area (Å²) in [4.78, 5) is 68.7. The van der Waals surface area contributed by atoms with E-state index in [1.54, 1.807) is 18.4 Å². The van der Waals surface area contributed by atoms with Gasteiger partial charge in [-0.1, -0.05) is 12.1 Å². The molecule has 15 heteroatoms. The standard InChI is InChI=1S/C25H35N7O7S/c1-40-9-8-18(23(36)31-19(25(38)39)6-7-21(27)34)30-24(37)20(10-14-2-4-16(33)5-3-14)32-22(35)17(26)11-15-12-28-13-29-15/h2-5,12-13,17-20,33H,6-11,26H2,1H3,(H2,27,34)(H,28,29)(H,30,37)(H,31,36)(H,32,35)(H,38,39). The van der Waals surface area contributed by atoms with E-state index in [9.17, 15) is 34.2 Å². The first-order valence-corrected chi connectivity index (χ1v) is 13.8. The van der Waals surface area contributed by atoms with Gasteiger partial charge < -0.3 is 42.6 Å². The van der Waals surface area contributed by atoms with Crippen LogP contribution in [0.1, 0.15) is 30.5 Å². The van der Waals surface area contributed by atoms with Crippen LogP contribution in [0.5, 0.6) is 5.75 Å². The van der Waals surface area contributed by atoms with Gasteiger partial charge in [0.05, 0.1) is 12.4 Å². The summed E-state index contributed by atoms with van der Waals surface area (Å²) in [5, 5.41) is 26.6. The molecule has 0 fully saturated rings. The molecule has 0 bridgehead atoms. The van der Waals surface area contributed by atoms with Crippen molar-refractivity contribution in [3.8, 4) is 5.75 Å². The summed E-state index contributed by atoms with van der Waals surface area (Å²) in [7, 11) is 0. The molecule has 1 heterocycles. The predicted octanol–water partition coefficient (Wildman–Crippen LogP) is -1.21. The van der Waals surface area contributed by atoms with Gasteiger partial charge in [0.1, 0.15) is 23.9 Å². The van der Waals surface area contributed by atoms with Crippen LogP contribution < -0.4 is 27.4 Å². The average Bonchev–Trinajstić information content (AvgIpc) is 3.42. The van der Waals surface area contributed by atoms with E-state index >= 15 is 0 Å². The lowest BCUT2D eigenvalue weighted by Crippen LogP contribution is -2.58. The number of aromatic nitrogens is 2. The zero-order valence-corrected chi connectivity index (χ0v) is 22.8. The van der Waals surface area contributed by atoms with Crippen molar-refractivity contribution in [3.63, 3.8) is 0 Å². The molecule has 0 saturated carbocycles. The number of amides is 4. The highest BCUT2D eigenvalue weighted by Crippen LogP contribution is 2.12. The highest BCUT2D eigenvalue weighted by molar-refractivity contribution is 7.98. The number of nitrogens with one attached hydrogen (secondary N) is 4. The van der Waals surface area contributed by atoms with Crippen LogP contribution in [0.25, 0.3) is 0 Å². The number of carbonyl (C=O) groups is 5. The number of rotatable bonds is 17. The van der Waals surface area contributed by atoms with Gasteiger partial charge in [-0.05, 0) is 42.5 Å². The molecule has 0 aliphatic carbocycles. The van der Waals surface area contributed by atoms with Crippen molar-refractivity contribution in [2.24, 2.45) is 11.5 Å². The minimum atomic E-state index is -1.39. The monoisotopic (exact) mass is 577 g/mol. The van der Waals surface area contributed by atoms with Crippen molar-refractivity contribution in [1.82, 2.24) is 25.9 Å². The molecular formula is C25H35N7O7S. The average molecular weight is 578 g/mol. The lowest BCUT2D eigenvalue weighted by molar-refractivity contribution is -0.142. The summed E-state index contributed by atoms with van der Waals surface area (Å²) in [6.45, 7) is 0. The minimum absolute atomic E-state index is 0.0157. The normalized spacial score (nSPS) is 13.8. The second-order valence-corrected chi connectivity index (χ2v) is 10.1. The van der Waals surface area contributed by atoms with Crippen LogP contribution in [0.4, 0.5) is 0 Å². The molecule has 0 spiro atoms. The molecule has 2 rings (SSSR count). The van der Waals surface area contributed by atoms with Crippen molar-refractivity contribution in [3.05, 3.63) is 48.0 Å². The van der Waals surface area contributed by atoms with Gasteiger partial charge >= 0.3 is 5.97 Å². The Hall–Kier alpha value is -4.11. The number of thioether (sulfide) groups is 1. The van der Waals surface area contributed by atoms with Gasteiger partial charge in [0.2, 0.25) is 23.6 Å². The Morgan fingerprint density at radius 3 is 2.15 bits per heavy atom. The molecule has 0 radical (unpaired) electrons. The molecule has 4 atom stereocenters. The quantitative estimate of drug-likeness (QED) is 0.111. The third kappa shape index (κ3) is 10.9. The van der Waals surface area contributed by atoms with Crippen molar-refractivity contribution in [2.75, 3.05) is 12.0 Å². The number of imidazole rings is 1. The number of hydrogen-bond donors (Lipinski definition) is 8. The second kappa shape index (κ2) is 16.1. The molecule has 14 nitrogen and oxygen atoms in total. The van der Waals surface area contributed by atoms with Crippen LogP contribution in [0.3, 0.4) is 0 Å². The summed E-state index contributed by atoms with van der Waals surface area (Å²) in [6, 6.07) is 1.36. The lowest BCUT2D eigenvalue weighted by Gasteiger charge is -2.25. The highest BCUT2D eigenvalue weighted by Gasteiger charge is 2.30. The van der Waals surface area contributed by atoms with E-state index in [2.05, 4.69) is 25.9 Å². The molecule has 0 aliphatic rings. The van der Waals surface area contributed by atoms with Crippen LogP contribution in [0, 0.1) is 0 Å². The van der Waals surface area contributed by atoms with Gasteiger partial charge in [0, 0.05) is 31.2 Å². The number of aromatic amines is 1. The molecule has 1 aromatic carbocycles. The van der Waals surface area contributed by atoms with Gasteiger partial charge in [0.15, 0.2) is 0 Å². The summed E-state index contributed by atoms with van der Waals surface area (Å²) in [5.41, 5.74) is 12.4. The number of nitrogens with zero attached hydrogens (tertiary/aromatic N) is 1. The summed E-state index contributed by atoms with van der Waals surface area (Å²) >= 11 is 1.42. The smallest absolute Gasteiger partial charge is 0.326 e. The molecule has 0 saturated heterocycles. The van der Waals surface area contributed by atoms with E-state index in [-0.39, 0.29) is 37.9 Å². The highest BCUT2D eigenvalue weighted by atomic mass is 32.2. The Morgan fingerprint density at radius 2 is 1.57 bits per heavy atom. The van der Waals surface area contributed by atoms with Crippen LogP contribution >= 0.6 is 11.8 Å². The third-order valence-electron chi connectivity index (χ3n) is 5.88. The molecule has 1 aromatic heterocycles. The van der Waals surface area contributed by atoms with Gasteiger partial charge in [-0.3, -0.25) is 19.2 Å². The maximum Gasteiger partial charge on any atom is 0.326 e. The number of carbonyl (C=O) groups excluding carboxylic acids is 4. The van der Waals surface area contributed by atoms with Crippen LogP contribution in [0.15, 0.2) is 36.8 Å².